The molecule has 0 radical (unpaired) electrons. The summed E-state index contributed by atoms with van der Waals surface area (Å²) in [5.74, 6) is -0.987. The van der Waals surface area contributed by atoms with Crippen molar-refractivity contribution in [3.63, 3.8) is 0 Å². The van der Waals surface area contributed by atoms with Crippen molar-refractivity contribution in [3.05, 3.63) is 82.1 Å². The SMILES string of the molecule is Cc1nn(-c2ccccc2)c(C)c1C(=O)OCC(=O)N[C@@H](C)c1ccccc1Cl. The third kappa shape index (κ3) is 4.66. The van der Waals surface area contributed by atoms with E-state index >= 15 is 0 Å². The Hall–Kier alpha value is -3.12. The fourth-order valence-electron chi connectivity index (χ4n) is 3.15. The monoisotopic (exact) mass is 411 g/mol. The molecule has 7 heteroatoms. The van der Waals surface area contributed by atoms with E-state index in [4.69, 9.17) is 16.3 Å². The smallest absolute Gasteiger partial charge is 0.342 e. The van der Waals surface area contributed by atoms with Crippen molar-refractivity contribution in [1.29, 1.82) is 0 Å². The summed E-state index contributed by atoms with van der Waals surface area (Å²) in [5.41, 5.74) is 3.20. The average Bonchev–Trinajstić information content (AvgIpc) is 3.01. The van der Waals surface area contributed by atoms with Gasteiger partial charge in [-0.15, -0.1) is 0 Å². The van der Waals surface area contributed by atoms with Crippen molar-refractivity contribution in [2.24, 2.45) is 0 Å². The van der Waals surface area contributed by atoms with Crippen LogP contribution in [-0.2, 0) is 9.53 Å². The lowest BCUT2D eigenvalue weighted by Crippen LogP contribution is -2.31. The van der Waals surface area contributed by atoms with Crippen LogP contribution in [0, 0.1) is 13.8 Å². The first kappa shape index (κ1) is 20.6. The Labute approximate surface area is 174 Å². The van der Waals surface area contributed by atoms with Crippen LogP contribution in [0.1, 0.15) is 40.3 Å². The maximum Gasteiger partial charge on any atom is 0.342 e. The van der Waals surface area contributed by atoms with Crippen molar-refractivity contribution in [2.45, 2.75) is 26.8 Å². The molecule has 0 aliphatic heterocycles. The molecule has 0 spiro atoms. The largest absolute Gasteiger partial charge is 0.452 e. The molecule has 1 amide bonds. The summed E-state index contributed by atoms with van der Waals surface area (Å²) in [6, 6.07) is 16.5. The number of rotatable bonds is 6. The molecule has 0 saturated heterocycles. The molecule has 0 saturated carbocycles. The number of para-hydroxylation sites is 1. The topological polar surface area (TPSA) is 73.2 Å². The second kappa shape index (κ2) is 8.92. The Balaban J connectivity index is 1.65. The number of nitrogens with one attached hydrogen (secondary N) is 1. The van der Waals surface area contributed by atoms with Crippen molar-refractivity contribution in [2.75, 3.05) is 6.61 Å². The van der Waals surface area contributed by atoms with E-state index < -0.39 is 11.9 Å². The van der Waals surface area contributed by atoms with Gasteiger partial charge in [0.2, 0.25) is 0 Å². The van der Waals surface area contributed by atoms with Gasteiger partial charge in [-0.2, -0.15) is 5.10 Å². The summed E-state index contributed by atoms with van der Waals surface area (Å²) in [4.78, 5) is 24.8. The number of esters is 1. The van der Waals surface area contributed by atoms with Gasteiger partial charge in [0.05, 0.1) is 23.1 Å². The highest BCUT2D eigenvalue weighted by Crippen LogP contribution is 2.22. The highest BCUT2D eigenvalue weighted by atomic mass is 35.5. The molecule has 0 aliphatic rings. The molecule has 0 bridgehead atoms. The highest BCUT2D eigenvalue weighted by molar-refractivity contribution is 6.31. The Morgan fingerprint density at radius 1 is 1.10 bits per heavy atom. The number of nitrogens with zero attached hydrogens (tertiary/aromatic N) is 2. The first-order valence-corrected chi connectivity index (χ1v) is 9.59. The van der Waals surface area contributed by atoms with Crippen molar-refractivity contribution in [3.8, 4) is 5.69 Å². The minimum atomic E-state index is -0.581. The molecule has 3 aromatic rings. The molecule has 2 aromatic carbocycles. The average molecular weight is 412 g/mol. The maximum atomic E-state index is 12.6. The Bertz CT molecular complexity index is 1030. The number of halogens is 1. The van der Waals surface area contributed by atoms with E-state index in [1.54, 1.807) is 24.6 Å². The molecule has 150 valence electrons. The van der Waals surface area contributed by atoms with E-state index in [-0.39, 0.29) is 12.6 Å². The normalized spacial score (nSPS) is 11.7. The lowest BCUT2D eigenvalue weighted by Gasteiger charge is -2.15. The van der Waals surface area contributed by atoms with E-state index in [2.05, 4.69) is 10.4 Å². The first-order valence-electron chi connectivity index (χ1n) is 9.21. The van der Waals surface area contributed by atoms with Crippen LogP contribution >= 0.6 is 11.6 Å². The predicted molar refractivity (Wildman–Crippen MR) is 111 cm³/mol. The number of hydrogen-bond acceptors (Lipinski definition) is 4. The molecule has 1 atom stereocenters. The van der Waals surface area contributed by atoms with Gasteiger partial charge in [-0.05, 0) is 44.5 Å². The van der Waals surface area contributed by atoms with Crippen LogP contribution in [0.3, 0.4) is 0 Å². The van der Waals surface area contributed by atoms with Crippen molar-refractivity contribution in [1.82, 2.24) is 15.1 Å². The third-order valence-electron chi connectivity index (χ3n) is 4.58. The van der Waals surface area contributed by atoms with E-state index in [9.17, 15) is 9.59 Å². The lowest BCUT2D eigenvalue weighted by molar-refractivity contribution is -0.124. The quantitative estimate of drug-likeness (QED) is 0.617. The zero-order valence-corrected chi connectivity index (χ0v) is 17.2. The van der Waals surface area contributed by atoms with Crippen LogP contribution in [0.5, 0.6) is 0 Å². The zero-order valence-electron chi connectivity index (χ0n) is 16.5. The van der Waals surface area contributed by atoms with Gasteiger partial charge in [0.15, 0.2) is 6.61 Å². The Morgan fingerprint density at radius 3 is 2.45 bits per heavy atom. The third-order valence-corrected chi connectivity index (χ3v) is 4.92. The van der Waals surface area contributed by atoms with Gasteiger partial charge in [0.1, 0.15) is 5.56 Å². The molecule has 1 aromatic heterocycles. The minimum absolute atomic E-state index is 0.306. The molecule has 0 fully saturated rings. The number of ether oxygens (including phenoxy) is 1. The summed E-state index contributed by atoms with van der Waals surface area (Å²) in [7, 11) is 0. The summed E-state index contributed by atoms with van der Waals surface area (Å²) < 4.78 is 6.92. The zero-order chi connectivity index (χ0) is 21.0. The fourth-order valence-corrected chi connectivity index (χ4v) is 3.45. The standard InChI is InChI=1S/C22H22ClN3O3/c1-14(18-11-7-8-12-19(18)23)24-20(27)13-29-22(28)21-15(2)25-26(16(21)3)17-9-5-4-6-10-17/h4-12,14H,13H2,1-3H3,(H,24,27)/t14-/m0/s1. The van der Waals surface area contributed by atoms with Crippen LogP contribution in [0.25, 0.3) is 5.69 Å². The number of aryl methyl sites for hydroxylation is 1. The second-order valence-electron chi connectivity index (χ2n) is 6.68. The summed E-state index contributed by atoms with van der Waals surface area (Å²) in [6.07, 6.45) is 0. The van der Waals surface area contributed by atoms with Gasteiger partial charge in [0.25, 0.3) is 5.91 Å². The molecule has 1 N–H and O–H groups in total. The number of hydrogen-bond donors (Lipinski definition) is 1. The van der Waals surface area contributed by atoms with Crippen LogP contribution in [-0.4, -0.2) is 28.3 Å². The number of benzene rings is 2. The van der Waals surface area contributed by atoms with Crippen LogP contribution in [0.15, 0.2) is 54.6 Å². The molecule has 1 heterocycles. The van der Waals surface area contributed by atoms with Gasteiger partial charge in [-0.25, -0.2) is 9.48 Å². The molecule has 3 rings (SSSR count). The van der Waals surface area contributed by atoms with Gasteiger partial charge in [-0.3, -0.25) is 4.79 Å². The molecule has 6 nitrogen and oxygen atoms in total. The van der Waals surface area contributed by atoms with Gasteiger partial charge in [0, 0.05) is 5.02 Å². The summed E-state index contributed by atoms with van der Waals surface area (Å²) in [5, 5.41) is 7.78. The number of carbonyl (C=O) groups excluding carboxylic acids is 2. The maximum absolute atomic E-state index is 12.6. The summed E-state index contributed by atoms with van der Waals surface area (Å²) in [6.45, 7) is 4.97. The minimum Gasteiger partial charge on any atom is -0.452 e. The van der Waals surface area contributed by atoms with E-state index in [1.165, 1.54) is 0 Å². The van der Waals surface area contributed by atoms with Crippen molar-refractivity contribution < 1.29 is 14.3 Å². The second-order valence-corrected chi connectivity index (χ2v) is 7.09. The molecular formula is C22H22ClN3O3. The Kier molecular flexibility index (Phi) is 6.34. The number of amides is 1. The van der Waals surface area contributed by atoms with E-state index in [1.807, 2.05) is 55.5 Å². The van der Waals surface area contributed by atoms with Gasteiger partial charge < -0.3 is 10.1 Å². The molecule has 29 heavy (non-hydrogen) atoms. The van der Waals surface area contributed by atoms with E-state index in [0.29, 0.717) is 22.0 Å². The lowest BCUT2D eigenvalue weighted by atomic mass is 10.1. The Morgan fingerprint density at radius 2 is 1.76 bits per heavy atom. The number of carbonyl (C=O) groups is 2. The van der Waals surface area contributed by atoms with Gasteiger partial charge in [-0.1, -0.05) is 48.0 Å². The van der Waals surface area contributed by atoms with E-state index in [0.717, 1.165) is 11.3 Å². The summed E-state index contributed by atoms with van der Waals surface area (Å²) >= 11 is 6.15. The molecule has 0 aliphatic carbocycles. The van der Waals surface area contributed by atoms with Crippen molar-refractivity contribution >= 4 is 23.5 Å². The fraction of sp³-hybridized carbons (Fsp3) is 0.227. The predicted octanol–water partition coefficient (Wildman–Crippen LogP) is 4.18. The molecule has 0 unspecified atom stereocenters. The highest BCUT2D eigenvalue weighted by Gasteiger charge is 2.22. The van der Waals surface area contributed by atoms with Gasteiger partial charge >= 0.3 is 5.97 Å². The van der Waals surface area contributed by atoms with Crippen LogP contribution < -0.4 is 5.32 Å². The first-order chi connectivity index (χ1) is 13.9. The van der Waals surface area contributed by atoms with Crippen LogP contribution in [0.2, 0.25) is 5.02 Å². The van der Waals surface area contributed by atoms with Crippen LogP contribution in [0.4, 0.5) is 0 Å². The molecular weight excluding hydrogens is 390 g/mol. The number of aromatic nitrogens is 2.